The van der Waals surface area contributed by atoms with E-state index in [1.165, 1.54) is 0 Å². The van der Waals surface area contributed by atoms with Crippen LogP contribution in [-0.4, -0.2) is 17.6 Å². The molecule has 0 saturated heterocycles. The molecule has 0 heterocycles. The summed E-state index contributed by atoms with van der Waals surface area (Å²) >= 11 is 2.00. The van der Waals surface area contributed by atoms with E-state index < -0.39 is 24.0 Å². The van der Waals surface area contributed by atoms with E-state index in [0.717, 1.165) is 0 Å². The Balaban J connectivity index is 3.29. The van der Waals surface area contributed by atoms with Crippen LogP contribution in [0.2, 0.25) is 0 Å². The average Bonchev–Trinajstić information content (AvgIpc) is 1.59. The van der Waals surface area contributed by atoms with Crippen LogP contribution in [0.4, 0.5) is 13.6 Å². The smallest absolute Gasteiger partial charge is 0.431 e. The van der Waals surface area contributed by atoms with E-state index in [9.17, 15) is 18.7 Å². The Morgan fingerprint density at radius 3 is 2.40 bits per heavy atom. The molecule has 6 heteroatoms. The Morgan fingerprint density at radius 1 is 1.60 bits per heavy atom. The fourth-order valence-corrected chi connectivity index (χ4v) is 0.412. The number of carbonyl (C=O) groups is 1. The van der Waals surface area contributed by atoms with Gasteiger partial charge in [-0.3, -0.25) is 0 Å². The van der Waals surface area contributed by atoms with Gasteiger partial charge in [0, 0.05) is 0 Å². The molecular formula is C4H4BrF2O3. The zero-order valence-electron chi connectivity index (χ0n) is 4.77. The molecule has 0 rings (SSSR count). The van der Waals surface area contributed by atoms with Crippen molar-refractivity contribution in [1.82, 2.24) is 0 Å². The van der Waals surface area contributed by atoms with E-state index in [4.69, 9.17) is 0 Å². The quantitative estimate of drug-likeness (QED) is 0.536. The molecule has 0 atom stereocenters. The molecule has 0 amide bonds. The summed E-state index contributed by atoms with van der Waals surface area (Å²) in [4.78, 5) is 6.42. The van der Waals surface area contributed by atoms with Crippen molar-refractivity contribution >= 4 is 22.1 Å². The number of alkyl halides is 3. The van der Waals surface area contributed by atoms with Crippen molar-refractivity contribution in [3.8, 4) is 0 Å². The first-order valence-corrected chi connectivity index (χ1v) is 3.11. The molecule has 1 radical (unpaired) electrons. The summed E-state index contributed by atoms with van der Waals surface area (Å²) in [6.07, 6.45) is -2.49. The first-order chi connectivity index (χ1) is 4.42. The monoisotopic (exact) mass is 217 g/mol. The van der Waals surface area contributed by atoms with Crippen molar-refractivity contribution in [3.63, 3.8) is 0 Å². The molecule has 0 spiro atoms. The third-order valence-corrected chi connectivity index (χ3v) is 1.00. The Bertz CT molecular complexity index is 122. The molecule has 0 aromatic carbocycles. The van der Waals surface area contributed by atoms with Gasteiger partial charge >= 0.3 is 11.0 Å². The molecule has 3 nitrogen and oxygen atoms in total. The predicted molar refractivity (Wildman–Crippen MR) is 30.5 cm³/mol. The zero-order chi connectivity index (χ0) is 8.20. The SMILES string of the molecule is [O]C(=O)OCCC(F)(F)Br. The molecule has 0 unspecified atom stereocenters. The van der Waals surface area contributed by atoms with Crippen LogP contribution in [0, 0.1) is 0 Å². The Labute approximate surface area is 64.1 Å². The molecule has 0 aromatic heterocycles. The molecule has 0 fully saturated rings. The minimum Gasteiger partial charge on any atom is -0.431 e. The lowest BCUT2D eigenvalue weighted by atomic mass is 10.5. The van der Waals surface area contributed by atoms with Gasteiger partial charge in [-0.1, -0.05) is 0 Å². The number of hydrogen-bond donors (Lipinski definition) is 0. The van der Waals surface area contributed by atoms with Crippen LogP contribution in [0.3, 0.4) is 0 Å². The fraction of sp³-hybridized carbons (Fsp3) is 0.750. The number of ether oxygens (including phenoxy) is 1. The third-order valence-electron chi connectivity index (χ3n) is 0.605. The summed E-state index contributed by atoms with van der Waals surface area (Å²) in [5.41, 5.74) is 0. The minimum absolute atomic E-state index is 0.569. The molecule has 0 aliphatic heterocycles. The summed E-state index contributed by atoms with van der Waals surface area (Å²) in [5.74, 6) is 0. The zero-order valence-corrected chi connectivity index (χ0v) is 6.36. The highest BCUT2D eigenvalue weighted by molar-refractivity contribution is 9.09. The molecular weight excluding hydrogens is 214 g/mol. The van der Waals surface area contributed by atoms with Crippen LogP contribution in [0.25, 0.3) is 0 Å². The molecule has 0 bridgehead atoms. The van der Waals surface area contributed by atoms with Gasteiger partial charge in [-0.05, 0) is 15.9 Å². The van der Waals surface area contributed by atoms with Crippen LogP contribution in [0.1, 0.15) is 6.42 Å². The summed E-state index contributed by atoms with van der Waals surface area (Å²) in [5, 5.41) is 9.49. The Hall–Kier alpha value is -0.390. The van der Waals surface area contributed by atoms with Crippen LogP contribution in [0.15, 0.2) is 0 Å². The van der Waals surface area contributed by atoms with E-state index >= 15 is 0 Å². The molecule has 59 valence electrons. The van der Waals surface area contributed by atoms with E-state index in [-0.39, 0.29) is 0 Å². The average molecular weight is 218 g/mol. The number of halogens is 3. The van der Waals surface area contributed by atoms with Crippen molar-refractivity contribution in [2.75, 3.05) is 6.61 Å². The molecule has 0 N–H and O–H groups in total. The van der Waals surface area contributed by atoms with Crippen LogP contribution < -0.4 is 0 Å². The normalized spacial score (nSPS) is 11.1. The maximum atomic E-state index is 11.8. The minimum atomic E-state index is -3.07. The van der Waals surface area contributed by atoms with Gasteiger partial charge in [0.2, 0.25) is 0 Å². The Kier molecular flexibility index (Phi) is 3.55. The van der Waals surface area contributed by atoms with Crippen LogP contribution >= 0.6 is 15.9 Å². The molecule has 0 aliphatic carbocycles. The second kappa shape index (κ2) is 3.70. The predicted octanol–water partition coefficient (Wildman–Crippen LogP) is 1.93. The second-order valence-electron chi connectivity index (χ2n) is 1.46. The molecule has 0 saturated carbocycles. The number of hydrogen-bond acceptors (Lipinski definition) is 2. The highest BCUT2D eigenvalue weighted by Crippen LogP contribution is 2.25. The van der Waals surface area contributed by atoms with Gasteiger partial charge in [0.05, 0.1) is 6.42 Å². The fourth-order valence-electron chi connectivity index (χ4n) is 0.250. The van der Waals surface area contributed by atoms with Gasteiger partial charge < -0.3 is 4.74 Å². The van der Waals surface area contributed by atoms with Gasteiger partial charge in [-0.25, -0.2) is 0 Å². The summed E-state index contributed by atoms with van der Waals surface area (Å²) < 4.78 is 27.3. The highest BCUT2D eigenvalue weighted by atomic mass is 79.9. The van der Waals surface area contributed by atoms with Gasteiger partial charge in [0.1, 0.15) is 6.61 Å². The molecule has 0 aliphatic rings. The number of rotatable bonds is 3. The van der Waals surface area contributed by atoms with Gasteiger partial charge in [0.15, 0.2) is 0 Å². The maximum Gasteiger partial charge on any atom is 0.550 e. The van der Waals surface area contributed by atoms with Crippen molar-refractivity contribution in [1.29, 1.82) is 0 Å². The van der Waals surface area contributed by atoms with Crippen molar-refractivity contribution in [2.45, 2.75) is 11.3 Å². The first-order valence-electron chi connectivity index (χ1n) is 2.32. The summed E-state index contributed by atoms with van der Waals surface area (Å²) in [6.45, 7) is -0.569. The summed E-state index contributed by atoms with van der Waals surface area (Å²) in [7, 11) is 0. The van der Waals surface area contributed by atoms with Crippen LogP contribution in [-0.2, 0) is 9.84 Å². The first kappa shape index (κ1) is 9.61. The van der Waals surface area contributed by atoms with Crippen molar-refractivity contribution in [3.05, 3.63) is 0 Å². The van der Waals surface area contributed by atoms with Crippen molar-refractivity contribution < 1.29 is 23.4 Å². The van der Waals surface area contributed by atoms with E-state index in [1.807, 2.05) is 15.9 Å². The standard InChI is InChI=1S/C4H4BrF2O3/c5-4(6,7)1-2-10-3(8)9/h1-2H2. The van der Waals surface area contributed by atoms with Gasteiger partial charge in [-0.15, -0.1) is 0 Å². The lowest BCUT2D eigenvalue weighted by Crippen LogP contribution is -2.11. The second-order valence-corrected chi connectivity index (χ2v) is 2.62. The largest absolute Gasteiger partial charge is 0.550 e. The van der Waals surface area contributed by atoms with E-state index in [1.54, 1.807) is 0 Å². The topological polar surface area (TPSA) is 46.2 Å². The summed E-state index contributed by atoms with van der Waals surface area (Å²) in [6, 6.07) is 0. The van der Waals surface area contributed by atoms with Crippen molar-refractivity contribution in [2.24, 2.45) is 0 Å². The van der Waals surface area contributed by atoms with E-state index in [2.05, 4.69) is 4.74 Å². The molecule has 0 aromatic rings. The molecule has 10 heavy (non-hydrogen) atoms. The van der Waals surface area contributed by atoms with Crippen LogP contribution in [0.5, 0.6) is 0 Å². The number of carbonyl (C=O) groups excluding carboxylic acids is 1. The lowest BCUT2D eigenvalue weighted by molar-refractivity contribution is 0.0368. The Morgan fingerprint density at radius 2 is 2.10 bits per heavy atom. The maximum absolute atomic E-state index is 11.8. The van der Waals surface area contributed by atoms with Gasteiger partial charge in [0.25, 0.3) is 0 Å². The van der Waals surface area contributed by atoms with Gasteiger partial charge in [-0.2, -0.15) is 18.7 Å². The van der Waals surface area contributed by atoms with E-state index in [0.29, 0.717) is 0 Å². The highest BCUT2D eigenvalue weighted by Gasteiger charge is 2.23. The lowest BCUT2D eigenvalue weighted by Gasteiger charge is -2.05. The third kappa shape index (κ3) is 7.61.